The molecule has 0 fully saturated rings. The fraction of sp³-hybridized carbons (Fsp3) is 0.231. The van der Waals surface area contributed by atoms with Crippen LogP contribution in [0.5, 0.6) is 11.5 Å². The first kappa shape index (κ1) is 21.4. The van der Waals surface area contributed by atoms with Gasteiger partial charge in [0, 0.05) is 19.5 Å². The Kier molecular flexibility index (Phi) is 6.70. The second-order valence-electron chi connectivity index (χ2n) is 7.58. The molecular weight excluding hydrogens is 404 g/mol. The maximum Gasteiger partial charge on any atom is 0.247 e. The Morgan fingerprint density at radius 2 is 1.59 bits per heavy atom. The summed E-state index contributed by atoms with van der Waals surface area (Å²) < 4.78 is 10.8. The van der Waals surface area contributed by atoms with Crippen LogP contribution in [0.4, 0.5) is 0 Å². The first-order valence-corrected chi connectivity index (χ1v) is 10.7. The standard InChI is InChI=1S/C26H26N2O4/c1-2-24(29)28(17-19-9-5-3-6-10-19)25(21-11-7-4-8-12-21)26(30)27-16-20-13-14-22-23(15-20)32-18-31-22/h3-15,25H,2,16-18H2,1H3,(H,27,30)/t25-/m1/s1. The van der Waals surface area contributed by atoms with Gasteiger partial charge in [-0.25, -0.2) is 0 Å². The van der Waals surface area contributed by atoms with Crippen molar-refractivity contribution in [2.24, 2.45) is 0 Å². The van der Waals surface area contributed by atoms with Crippen LogP contribution in [0.2, 0.25) is 0 Å². The second kappa shape index (κ2) is 10.0. The van der Waals surface area contributed by atoms with Gasteiger partial charge in [0.15, 0.2) is 11.5 Å². The molecule has 1 aliphatic rings. The number of hydrogen-bond donors (Lipinski definition) is 1. The van der Waals surface area contributed by atoms with Gasteiger partial charge in [0.1, 0.15) is 6.04 Å². The van der Waals surface area contributed by atoms with Gasteiger partial charge in [-0.05, 0) is 28.8 Å². The Morgan fingerprint density at radius 1 is 0.906 bits per heavy atom. The summed E-state index contributed by atoms with van der Waals surface area (Å²) in [5.41, 5.74) is 2.64. The number of nitrogens with zero attached hydrogens (tertiary/aromatic N) is 1. The molecule has 6 nitrogen and oxygen atoms in total. The fourth-order valence-electron chi connectivity index (χ4n) is 3.75. The average molecular weight is 431 g/mol. The van der Waals surface area contributed by atoms with Crippen molar-refractivity contribution in [2.75, 3.05) is 6.79 Å². The van der Waals surface area contributed by atoms with E-state index < -0.39 is 6.04 Å². The highest BCUT2D eigenvalue weighted by Gasteiger charge is 2.30. The third-order valence-electron chi connectivity index (χ3n) is 5.40. The maximum absolute atomic E-state index is 13.4. The number of ether oxygens (including phenoxy) is 2. The largest absolute Gasteiger partial charge is 0.454 e. The van der Waals surface area contributed by atoms with Crippen LogP contribution < -0.4 is 14.8 Å². The van der Waals surface area contributed by atoms with Crippen molar-refractivity contribution in [1.82, 2.24) is 10.2 Å². The topological polar surface area (TPSA) is 67.9 Å². The van der Waals surface area contributed by atoms with Crippen molar-refractivity contribution in [3.8, 4) is 11.5 Å². The van der Waals surface area contributed by atoms with E-state index in [1.165, 1.54) is 0 Å². The number of nitrogens with one attached hydrogen (secondary N) is 1. The number of carbonyl (C=O) groups excluding carboxylic acids is 2. The lowest BCUT2D eigenvalue weighted by atomic mass is 10.0. The normalized spacial score (nSPS) is 12.8. The lowest BCUT2D eigenvalue weighted by Crippen LogP contribution is -2.43. The summed E-state index contributed by atoms with van der Waals surface area (Å²) in [6.07, 6.45) is 0.311. The first-order valence-electron chi connectivity index (χ1n) is 10.7. The minimum atomic E-state index is -0.738. The molecule has 2 amide bonds. The maximum atomic E-state index is 13.4. The molecule has 1 heterocycles. The zero-order chi connectivity index (χ0) is 22.3. The molecule has 0 bridgehead atoms. The summed E-state index contributed by atoms with van der Waals surface area (Å²) in [5, 5.41) is 3.00. The number of fused-ring (bicyclic) bond motifs is 1. The molecular formula is C26H26N2O4. The molecule has 0 radical (unpaired) electrons. The van der Waals surface area contributed by atoms with E-state index in [1.54, 1.807) is 4.90 Å². The van der Waals surface area contributed by atoms with Crippen molar-refractivity contribution in [1.29, 1.82) is 0 Å². The molecule has 0 spiro atoms. The second-order valence-corrected chi connectivity index (χ2v) is 7.58. The Labute approximate surface area is 187 Å². The van der Waals surface area contributed by atoms with Gasteiger partial charge in [0.25, 0.3) is 0 Å². The van der Waals surface area contributed by atoms with Gasteiger partial charge in [0.05, 0.1) is 0 Å². The van der Waals surface area contributed by atoms with Gasteiger partial charge >= 0.3 is 0 Å². The summed E-state index contributed by atoms with van der Waals surface area (Å²) >= 11 is 0. The Balaban J connectivity index is 1.58. The van der Waals surface area contributed by atoms with Crippen molar-refractivity contribution >= 4 is 11.8 Å². The zero-order valence-corrected chi connectivity index (χ0v) is 18.0. The smallest absolute Gasteiger partial charge is 0.247 e. The third kappa shape index (κ3) is 4.91. The molecule has 4 rings (SSSR count). The van der Waals surface area contributed by atoms with Crippen molar-refractivity contribution in [2.45, 2.75) is 32.5 Å². The van der Waals surface area contributed by atoms with Gasteiger partial charge in [-0.2, -0.15) is 0 Å². The van der Waals surface area contributed by atoms with Gasteiger partial charge < -0.3 is 19.7 Å². The SMILES string of the molecule is CCC(=O)N(Cc1ccccc1)[C@@H](C(=O)NCc1ccc2c(c1)OCO2)c1ccccc1. The third-order valence-corrected chi connectivity index (χ3v) is 5.40. The van der Waals surface area contributed by atoms with E-state index in [9.17, 15) is 9.59 Å². The summed E-state index contributed by atoms with van der Waals surface area (Å²) in [5.74, 6) is 1.06. The molecule has 0 aliphatic carbocycles. The van der Waals surface area contributed by atoms with Crippen LogP contribution in [-0.4, -0.2) is 23.5 Å². The van der Waals surface area contributed by atoms with Gasteiger partial charge in [-0.1, -0.05) is 73.7 Å². The number of rotatable bonds is 8. The zero-order valence-electron chi connectivity index (χ0n) is 18.0. The molecule has 6 heteroatoms. The Morgan fingerprint density at radius 3 is 2.31 bits per heavy atom. The van der Waals surface area contributed by atoms with Crippen LogP contribution in [0.3, 0.4) is 0 Å². The molecule has 3 aromatic carbocycles. The van der Waals surface area contributed by atoms with E-state index in [0.717, 1.165) is 16.7 Å². The lowest BCUT2D eigenvalue weighted by Gasteiger charge is -2.31. The molecule has 3 aromatic rings. The molecule has 0 saturated heterocycles. The minimum Gasteiger partial charge on any atom is -0.454 e. The Bertz CT molecular complexity index is 1070. The molecule has 32 heavy (non-hydrogen) atoms. The van der Waals surface area contributed by atoms with Crippen molar-refractivity contribution in [3.63, 3.8) is 0 Å². The van der Waals surface area contributed by atoms with E-state index in [1.807, 2.05) is 85.8 Å². The first-order chi connectivity index (χ1) is 15.7. The molecule has 1 atom stereocenters. The number of carbonyl (C=O) groups is 2. The highest BCUT2D eigenvalue weighted by molar-refractivity contribution is 5.88. The minimum absolute atomic E-state index is 0.0825. The van der Waals surface area contributed by atoms with Crippen LogP contribution in [-0.2, 0) is 22.7 Å². The quantitative estimate of drug-likeness (QED) is 0.581. The molecule has 0 aromatic heterocycles. The van der Waals surface area contributed by atoms with Crippen LogP contribution in [0.1, 0.15) is 36.1 Å². The molecule has 1 N–H and O–H groups in total. The predicted molar refractivity (Wildman–Crippen MR) is 121 cm³/mol. The van der Waals surface area contributed by atoms with E-state index in [0.29, 0.717) is 31.0 Å². The van der Waals surface area contributed by atoms with E-state index in [4.69, 9.17) is 9.47 Å². The van der Waals surface area contributed by atoms with Crippen LogP contribution in [0.15, 0.2) is 78.9 Å². The highest BCUT2D eigenvalue weighted by Crippen LogP contribution is 2.32. The number of amides is 2. The summed E-state index contributed by atoms with van der Waals surface area (Å²) in [4.78, 5) is 28.0. The summed E-state index contributed by atoms with van der Waals surface area (Å²) in [7, 11) is 0. The predicted octanol–water partition coefficient (Wildman–Crippen LogP) is 4.21. The van der Waals surface area contributed by atoms with E-state index >= 15 is 0 Å². The van der Waals surface area contributed by atoms with E-state index in [2.05, 4.69) is 5.32 Å². The van der Waals surface area contributed by atoms with Crippen LogP contribution >= 0.6 is 0 Å². The number of benzene rings is 3. The van der Waals surface area contributed by atoms with Gasteiger partial charge in [-0.3, -0.25) is 9.59 Å². The summed E-state index contributed by atoms with van der Waals surface area (Å²) in [6.45, 7) is 2.69. The van der Waals surface area contributed by atoms with Crippen molar-refractivity contribution < 1.29 is 19.1 Å². The average Bonchev–Trinajstić information content (AvgIpc) is 3.31. The monoisotopic (exact) mass is 430 g/mol. The van der Waals surface area contributed by atoms with Crippen molar-refractivity contribution in [3.05, 3.63) is 95.6 Å². The van der Waals surface area contributed by atoms with Crippen LogP contribution in [0.25, 0.3) is 0 Å². The molecule has 0 unspecified atom stereocenters. The fourth-order valence-corrected chi connectivity index (χ4v) is 3.75. The summed E-state index contributed by atoms with van der Waals surface area (Å²) in [6, 6.07) is 24.0. The molecule has 1 aliphatic heterocycles. The highest BCUT2D eigenvalue weighted by atomic mass is 16.7. The number of hydrogen-bond acceptors (Lipinski definition) is 4. The molecule has 0 saturated carbocycles. The van der Waals surface area contributed by atoms with Crippen LogP contribution in [0, 0.1) is 0 Å². The molecule has 164 valence electrons. The lowest BCUT2D eigenvalue weighted by molar-refractivity contribution is -0.141. The van der Waals surface area contributed by atoms with Gasteiger partial charge in [-0.15, -0.1) is 0 Å². The van der Waals surface area contributed by atoms with Gasteiger partial charge in [0.2, 0.25) is 18.6 Å². The van der Waals surface area contributed by atoms with E-state index in [-0.39, 0.29) is 18.6 Å². The Hall–Kier alpha value is -3.80.